The van der Waals surface area contributed by atoms with Crippen LogP contribution in [0, 0.1) is 0 Å². The van der Waals surface area contributed by atoms with Gasteiger partial charge < -0.3 is 13.9 Å². The highest BCUT2D eigenvalue weighted by Gasteiger charge is 2.43. The van der Waals surface area contributed by atoms with Crippen molar-refractivity contribution in [2.24, 2.45) is 0 Å². The fourth-order valence-corrected chi connectivity index (χ4v) is 10.8. The van der Waals surface area contributed by atoms with Crippen molar-refractivity contribution >= 4 is 66.7 Å². The van der Waals surface area contributed by atoms with Gasteiger partial charge >= 0.3 is 0 Å². The van der Waals surface area contributed by atoms with Gasteiger partial charge in [0, 0.05) is 38.5 Å². The molecule has 0 fully saturated rings. The molecule has 0 radical (unpaired) electrons. The highest BCUT2D eigenvalue weighted by molar-refractivity contribution is 6.99. The quantitative estimate of drug-likeness (QED) is 0.162. The molecule has 2 aliphatic rings. The number of aromatic nitrogens is 2. The summed E-state index contributed by atoms with van der Waals surface area (Å²) in [5, 5.41) is 5.07. The van der Waals surface area contributed by atoms with Gasteiger partial charge in [-0.1, -0.05) is 172 Å². The SMILES string of the molecule is CC(C)(C)c1ccc2c(c1)Oc1c(C(C)(C)C)cc3c4cc(C(C)(C)C)ccc4n4c3c1B2c1ccc(-n2c3cc(-c5ccccc5)ccc3c3ccc(-c5ccccc5)cc32)cc1-4. The zero-order chi connectivity index (χ0) is 44.0. The van der Waals surface area contributed by atoms with Crippen LogP contribution in [0.5, 0.6) is 11.5 Å². The minimum absolute atomic E-state index is 0.00196. The van der Waals surface area contributed by atoms with Crippen molar-refractivity contribution < 1.29 is 4.74 Å². The second kappa shape index (κ2) is 13.4. The summed E-state index contributed by atoms with van der Waals surface area (Å²) in [5.41, 5.74) is 19.5. The topological polar surface area (TPSA) is 19.1 Å². The third kappa shape index (κ3) is 5.74. The van der Waals surface area contributed by atoms with Crippen LogP contribution >= 0.6 is 0 Å². The first-order valence-corrected chi connectivity index (χ1v) is 23.0. The number of hydrogen-bond donors (Lipinski definition) is 0. The van der Waals surface area contributed by atoms with Crippen LogP contribution in [0.25, 0.3) is 77.2 Å². The molecule has 4 heteroatoms. The second-order valence-electron chi connectivity index (χ2n) is 21.4. The molecular formula is C60H53BN2O. The van der Waals surface area contributed by atoms with E-state index in [0.717, 1.165) is 17.2 Å². The van der Waals surface area contributed by atoms with Crippen molar-refractivity contribution in [2.45, 2.75) is 78.6 Å². The third-order valence-corrected chi connectivity index (χ3v) is 14.2. The molecule has 64 heavy (non-hydrogen) atoms. The average molecular weight is 829 g/mol. The predicted molar refractivity (Wildman–Crippen MR) is 273 cm³/mol. The molecule has 8 aromatic carbocycles. The fraction of sp³-hybridized carbons (Fsp3) is 0.200. The molecule has 10 aromatic rings. The molecule has 0 aliphatic carbocycles. The molecule has 2 aromatic heterocycles. The summed E-state index contributed by atoms with van der Waals surface area (Å²) in [7, 11) is 0. The number of rotatable bonds is 3. The van der Waals surface area contributed by atoms with Crippen molar-refractivity contribution in [2.75, 3.05) is 0 Å². The van der Waals surface area contributed by atoms with E-state index in [0.29, 0.717) is 0 Å². The number of nitrogens with zero attached hydrogens (tertiary/aromatic N) is 2. The van der Waals surface area contributed by atoms with Crippen molar-refractivity contribution in [3.63, 3.8) is 0 Å². The summed E-state index contributed by atoms with van der Waals surface area (Å²) in [6.45, 7) is 20.8. The Balaban J connectivity index is 1.20. The molecule has 4 heterocycles. The fourth-order valence-electron chi connectivity index (χ4n) is 10.8. The van der Waals surface area contributed by atoms with Gasteiger partial charge in [-0.3, -0.25) is 0 Å². The third-order valence-electron chi connectivity index (χ3n) is 14.2. The Bertz CT molecular complexity index is 3470. The van der Waals surface area contributed by atoms with E-state index in [9.17, 15) is 0 Å². The highest BCUT2D eigenvalue weighted by atomic mass is 16.5. The molecule has 0 saturated carbocycles. The van der Waals surface area contributed by atoms with Crippen LogP contribution in [0.3, 0.4) is 0 Å². The molecule has 2 aliphatic heterocycles. The van der Waals surface area contributed by atoms with Crippen LogP contribution in [-0.2, 0) is 16.2 Å². The molecule has 12 rings (SSSR count). The average Bonchev–Trinajstić information content (AvgIpc) is 3.79. The molecule has 0 atom stereocenters. The van der Waals surface area contributed by atoms with Crippen LogP contribution in [0.15, 0.2) is 158 Å². The van der Waals surface area contributed by atoms with Gasteiger partial charge in [-0.2, -0.15) is 0 Å². The van der Waals surface area contributed by atoms with Crippen molar-refractivity contribution in [3.05, 3.63) is 174 Å². The molecule has 312 valence electrons. The largest absolute Gasteiger partial charge is 0.458 e. The molecule has 0 bridgehead atoms. The van der Waals surface area contributed by atoms with E-state index in [1.54, 1.807) is 0 Å². The smallest absolute Gasteiger partial charge is 0.256 e. The van der Waals surface area contributed by atoms with Crippen molar-refractivity contribution in [1.29, 1.82) is 0 Å². The van der Waals surface area contributed by atoms with Crippen LogP contribution in [0.4, 0.5) is 0 Å². The van der Waals surface area contributed by atoms with E-state index in [1.165, 1.54) is 105 Å². The minimum Gasteiger partial charge on any atom is -0.458 e. The molecular weight excluding hydrogens is 775 g/mol. The predicted octanol–water partition coefficient (Wildman–Crippen LogP) is 14.0. The van der Waals surface area contributed by atoms with Gasteiger partial charge in [-0.05, 0) is 115 Å². The molecule has 3 nitrogen and oxygen atoms in total. The van der Waals surface area contributed by atoms with E-state index < -0.39 is 0 Å². The number of benzene rings is 8. The minimum atomic E-state index is -0.155. The Hall–Kier alpha value is -6.78. The van der Waals surface area contributed by atoms with Crippen LogP contribution in [-0.4, -0.2) is 15.8 Å². The molecule has 0 N–H and O–H groups in total. The lowest BCUT2D eigenvalue weighted by molar-refractivity contribution is 0.457. The van der Waals surface area contributed by atoms with Crippen LogP contribution in [0.2, 0.25) is 0 Å². The van der Waals surface area contributed by atoms with Crippen LogP contribution < -0.4 is 21.1 Å². The maximum atomic E-state index is 7.28. The summed E-state index contributed by atoms with van der Waals surface area (Å²) in [6, 6.07) is 59.5. The van der Waals surface area contributed by atoms with Gasteiger partial charge in [0.05, 0.1) is 22.1 Å². The molecule has 0 saturated heterocycles. The summed E-state index contributed by atoms with van der Waals surface area (Å²) in [4.78, 5) is 0. The Morgan fingerprint density at radius 2 is 1.00 bits per heavy atom. The first-order valence-electron chi connectivity index (χ1n) is 23.0. The number of hydrogen-bond acceptors (Lipinski definition) is 1. The molecule has 0 unspecified atom stereocenters. The zero-order valence-electron chi connectivity index (χ0n) is 38.4. The Morgan fingerprint density at radius 3 is 1.59 bits per heavy atom. The van der Waals surface area contributed by atoms with E-state index >= 15 is 0 Å². The first-order chi connectivity index (χ1) is 30.6. The van der Waals surface area contributed by atoms with Gasteiger partial charge in [0.15, 0.2) is 0 Å². The Morgan fingerprint density at radius 1 is 0.422 bits per heavy atom. The van der Waals surface area contributed by atoms with Gasteiger partial charge in [0.25, 0.3) is 6.71 Å². The maximum absolute atomic E-state index is 7.28. The lowest BCUT2D eigenvalue weighted by atomic mass is 9.34. The Labute approximate surface area is 377 Å². The summed E-state index contributed by atoms with van der Waals surface area (Å²) in [5.74, 6) is 1.98. The standard InChI is InChI=1S/C60H53BN2O/c1-58(2,3)40-23-29-50-45(32-40)46-35-47(60(7,8)9)57-55-56(46)63(50)53-34-42(24-28-48(53)61(55)49-27-22-41(59(4,5)6)33-54(49)64-57)62-51-30-38(36-16-12-10-13-17-36)20-25-43(51)44-26-21-39(31-52(44)62)37-18-14-11-15-19-37/h10-35H,1-9H3. The number of fused-ring (bicyclic) bond motifs is 11. The summed E-state index contributed by atoms with van der Waals surface area (Å²) >= 11 is 0. The normalized spacial score (nSPS) is 13.5. The second-order valence-corrected chi connectivity index (χ2v) is 21.4. The maximum Gasteiger partial charge on any atom is 0.256 e. The van der Waals surface area contributed by atoms with Gasteiger partial charge in [0.1, 0.15) is 11.5 Å². The van der Waals surface area contributed by atoms with E-state index in [4.69, 9.17) is 4.74 Å². The van der Waals surface area contributed by atoms with Gasteiger partial charge in [-0.15, -0.1) is 0 Å². The van der Waals surface area contributed by atoms with Gasteiger partial charge in [0.2, 0.25) is 0 Å². The van der Waals surface area contributed by atoms with Crippen LogP contribution in [0.1, 0.15) is 79.0 Å². The van der Waals surface area contributed by atoms with Crippen molar-refractivity contribution in [3.8, 4) is 45.1 Å². The lowest BCUT2D eigenvalue weighted by Gasteiger charge is -2.36. The van der Waals surface area contributed by atoms with E-state index in [-0.39, 0.29) is 23.0 Å². The van der Waals surface area contributed by atoms with E-state index in [2.05, 4.69) is 229 Å². The highest BCUT2D eigenvalue weighted by Crippen LogP contribution is 2.46. The molecule has 0 amide bonds. The zero-order valence-corrected chi connectivity index (χ0v) is 38.4. The summed E-state index contributed by atoms with van der Waals surface area (Å²) < 4.78 is 12.4. The summed E-state index contributed by atoms with van der Waals surface area (Å²) in [6.07, 6.45) is 0. The van der Waals surface area contributed by atoms with Gasteiger partial charge in [-0.25, -0.2) is 0 Å². The number of ether oxygens (including phenoxy) is 1. The molecule has 0 spiro atoms. The lowest BCUT2D eigenvalue weighted by Crippen LogP contribution is -2.58. The Kier molecular flexibility index (Phi) is 8.12. The van der Waals surface area contributed by atoms with Crippen molar-refractivity contribution in [1.82, 2.24) is 9.13 Å². The monoisotopic (exact) mass is 828 g/mol. The van der Waals surface area contributed by atoms with E-state index in [1.807, 2.05) is 0 Å². The first kappa shape index (κ1) is 38.9.